The lowest BCUT2D eigenvalue weighted by Crippen LogP contribution is -2.50. The normalized spacial score (nSPS) is 28.3. The molecule has 3 aliphatic rings. The monoisotopic (exact) mass is 409 g/mol. The summed E-state index contributed by atoms with van der Waals surface area (Å²) < 4.78 is 63.3. The number of carbonyl (C=O) groups is 2. The fourth-order valence-corrected chi connectivity index (χ4v) is 6.58. The summed E-state index contributed by atoms with van der Waals surface area (Å²) in [7, 11) is -3.26. The molecule has 7 nitrogen and oxygen atoms in total. The summed E-state index contributed by atoms with van der Waals surface area (Å²) in [5, 5.41) is -0.0441. The first-order chi connectivity index (χ1) is 12.1. The molecule has 0 aromatic carbocycles. The average Bonchev–Trinajstić information content (AvgIpc) is 3.04. The number of carbonyl (C=O) groups excluding carboxylic acids is 2. The SMILES string of the molecule is O=C1[C@@H]2[C@H](C(F)(F)F)CCCN2C(=O)N1c1nc2c(s1)CS(=O)(=O)CC2. The number of aromatic nitrogens is 1. The van der Waals surface area contributed by atoms with Gasteiger partial charge in [0.1, 0.15) is 6.04 Å². The van der Waals surface area contributed by atoms with Crippen molar-refractivity contribution in [1.29, 1.82) is 0 Å². The van der Waals surface area contributed by atoms with Gasteiger partial charge in [-0.05, 0) is 12.8 Å². The van der Waals surface area contributed by atoms with Crippen molar-refractivity contribution in [3.63, 3.8) is 0 Å². The van der Waals surface area contributed by atoms with E-state index in [-0.39, 0.29) is 42.4 Å². The highest BCUT2D eigenvalue weighted by atomic mass is 32.2. The second-order valence-corrected chi connectivity index (χ2v) is 9.84. The fourth-order valence-electron chi connectivity index (χ4n) is 3.69. The van der Waals surface area contributed by atoms with E-state index >= 15 is 0 Å². The van der Waals surface area contributed by atoms with Gasteiger partial charge in [0.25, 0.3) is 5.91 Å². The first-order valence-electron chi connectivity index (χ1n) is 7.99. The summed E-state index contributed by atoms with van der Waals surface area (Å²) in [6, 6.07) is -2.39. The van der Waals surface area contributed by atoms with Crippen molar-refractivity contribution in [3.05, 3.63) is 10.6 Å². The van der Waals surface area contributed by atoms with Crippen molar-refractivity contribution in [3.8, 4) is 0 Å². The zero-order chi connectivity index (χ0) is 18.9. The minimum absolute atomic E-state index is 0.0441. The highest BCUT2D eigenvalue weighted by molar-refractivity contribution is 7.90. The minimum Gasteiger partial charge on any atom is -0.311 e. The van der Waals surface area contributed by atoms with Crippen molar-refractivity contribution >= 4 is 38.2 Å². The zero-order valence-electron chi connectivity index (χ0n) is 13.3. The Morgan fingerprint density at radius 3 is 2.65 bits per heavy atom. The minimum atomic E-state index is -4.58. The van der Waals surface area contributed by atoms with Gasteiger partial charge in [-0.2, -0.15) is 13.2 Å². The number of alkyl halides is 3. The number of hydrogen-bond donors (Lipinski definition) is 0. The molecule has 0 radical (unpaired) electrons. The molecule has 0 saturated carbocycles. The smallest absolute Gasteiger partial charge is 0.311 e. The van der Waals surface area contributed by atoms with Gasteiger partial charge < -0.3 is 4.90 Å². The van der Waals surface area contributed by atoms with Gasteiger partial charge in [0.2, 0.25) is 5.13 Å². The Hall–Kier alpha value is -1.69. The molecule has 0 bridgehead atoms. The molecule has 1 aromatic heterocycles. The van der Waals surface area contributed by atoms with Crippen LogP contribution in [-0.2, 0) is 26.8 Å². The van der Waals surface area contributed by atoms with Crippen LogP contribution in [0.5, 0.6) is 0 Å². The summed E-state index contributed by atoms with van der Waals surface area (Å²) in [4.78, 5) is 31.5. The van der Waals surface area contributed by atoms with Crippen LogP contribution in [0.4, 0.5) is 23.1 Å². The third-order valence-corrected chi connectivity index (χ3v) is 7.74. The first-order valence-corrected chi connectivity index (χ1v) is 10.6. The Morgan fingerprint density at radius 1 is 1.23 bits per heavy atom. The number of piperidine rings is 1. The summed E-state index contributed by atoms with van der Waals surface area (Å²) >= 11 is 0.883. The molecular formula is C14H14F3N3O4S2. The van der Waals surface area contributed by atoms with E-state index in [1.165, 1.54) is 0 Å². The Labute approximate surface area is 150 Å². The van der Waals surface area contributed by atoms with Crippen LogP contribution in [0.25, 0.3) is 0 Å². The van der Waals surface area contributed by atoms with Gasteiger partial charge in [0, 0.05) is 17.8 Å². The van der Waals surface area contributed by atoms with Gasteiger partial charge in [-0.25, -0.2) is 23.1 Å². The fraction of sp³-hybridized carbons (Fsp3) is 0.643. The number of sulfone groups is 1. The Morgan fingerprint density at radius 2 is 1.96 bits per heavy atom. The highest BCUT2D eigenvalue weighted by Gasteiger charge is 2.59. The third kappa shape index (κ3) is 2.70. The number of hydrogen-bond acceptors (Lipinski definition) is 6. The lowest BCUT2D eigenvalue weighted by atomic mass is 9.89. The van der Waals surface area contributed by atoms with E-state index in [4.69, 9.17) is 0 Å². The van der Waals surface area contributed by atoms with Gasteiger partial charge in [-0.3, -0.25) is 4.79 Å². The van der Waals surface area contributed by atoms with E-state index in [0.29, 0.717) is 15.5 Å². The number of nitrogens with zero attached hydrogens (tertiary/aromatic N) is 3. The second kappa shape index (κ2) is 5.65. The van der Waals surface area contributed by atoms with Crippen molar-refractivity contribution in [1.82, 2.24) is 9.88 Å². The van der Waals surface area contributed by atoms with E-state index < -0.39 is 39.9 Å². The summed E-state index contributed by atoms with van der Waals surface area (Å²) in [5.74, 6) is -3.14. The maximum absolute atomic E-state index is 13.3. The van der Waals surface area contributed by atoms with Gasteiger partial charge in [0.05, 0.1) is 23.1 Å². The number of anilines is 1. The Balaban J connectivity index is 1.70. The molecule has 0 N–H and O–H groups in total. The van der Waals surface area contributed by atoms with Crippen molar-refractivity contribution in [2.75, 3.05) is 17.2 Å². The molecule has 3 aliphatic heterocycles. The van der Waals surface area contributed by atoms with Gasteiger partial charge >= 0.3 is 12.2 Å². The maximum Gasteiger partial charge on any atom is 0.394 e. The lowest BCUT2D eigenvalue weighted by molar-refractivity contribution is -0.196. The van der Waals surface area contributed by atoms with Crippen LogP contribution < -0.4 is 4.90 Å². The predicted octanol–water partition coefficient (Wildman–Crippen LogP) is 1.72. The molecule has 4 rings (SSSR count). The molecule has 142 valence electrons. The number of halogens is 3. The molecule has 0 spiro atoms. The van der Waals surface area contributed by atoms with Gasteiger partial charge in [-0.15, -0.1) is 0 Å². The van der Waals surface area contributed by atoms with Crippen molar-refractivity contribution < 1.29 is 31.2 Å². The summed E-state index contributed by atoms with van der Waals surface area (Å²) in [6.07, 6.45) is -4.45. The topological polar surface area (TPSA) is 87.7 Å². The van der Waals surface area contributed by atoms with Crippen LogP contribution in [0.15, 0.2) is 0 Å². The number of amides is 3. The standard InChI is InChI=1S/C14H14F3N3O4S2/c15-14(16,17)7-2-1-4-19-10(7)11(21)20(13(19)22)12-18-8-3-5-26(23,24)6-9(8)25-12/h7,10H,1-6H2/t7-,10+/m1/s1. The van der Waals surface area contributed by atoms with Gasteiger partial charge in [-0.1, -0.05) is 11.3 Å². The predicted molar refractivity (Wildman–Crippen MR) is 85.5 cm³/mol. The molecule has 0 unspecified atom stereocenters. The molecule has 1 aromatic rings. The number of fused-ring (bicyclic) bond motifs is 2. The summed E-state index contributed by atoms with van der Waals surface area (Å²) in [6.45, 7) is 0.0811. The van der Waals surface area contributed by atoms with Crippen LogP contribution in [0, 0.1) is 5.92 Å². The van der Waals surface area contributed by atoms with E-state index in [0.717, 1.165) is 16.2 Å². The number of imide groups is 1. The molecule has 2 atom stereocenters. The number of thiazole rings is 1. The third-order valence-electron chi connectivity index (χ3n) is 4.92. The quantitative estimate of drug-likeness (QED) is 0.659. The van der Waals surface area contributed by atoms with Crippen molar-refractivity contribution in [2.45, 2.75) is 37.2 Å². The Bertz CT molecular complexity index is 896. The highest BCUT2D eigenvalue weighted by Crippen LogP contribution is 2.43. The molecule has 2 fully saturated rings. The summed E-state index contributed by atoms with van der Waals surface area (Å²) in [5.41, 5.74) is 0.484. The van der Waals surface area contributed by atoms with Crippen LogP contribution in [0.2, 0.25) is 0 Å². The first kappa shape index (κ1) is 17.7. The molecule has 2 saturated heterocycles. The Kier molecular flexibility index (Phi) is 3.85. The van der Waals surface area contributed by atoms with Gasteiger partial charge in [0.15, 0.2) is 9.84 Å². The molecule has 26 heavy (non-hydrogen) atoms. The molecular weight excluding hydrogens is 395 g/mol. The molecule has 12 heteroatoms. The van der Waals surface area contributed by atoms with Crippen LogP contribution >= 0.6 is 11.3 Å². The van der Waals surface area contributed by atoms with E-state index in [1.54, 1.807) is 0 Å². The van der Waals surface area contributed by atoms with Crippen molar-refractivity contribution in [2.24, 2.45) is 5.92 Å². The average molecular weight is 409 g/mol. The van der Waals surface area contributed by atoms with E-state index in [9.17, 15) is 31.2 Å². The second-order valence-electron chi connectivity index (χ2n) is 6.59. The molecule has 4 heterocycles. The van der Waals surface area contributed by atoms with E-state index in [2.05, 4.69) is 4.98 Å². The molecule has 3 amide bonds. The van der Waals surface area contributed by atoms with Crippen LogP contribution in [0.3, 0.4) is 0 Å². The maximum atomic E-state index is 13.3. The number of urea groups is 1. The largest absolute Gasteiger partial charge is 0.394 e. The lowest BCUT2D eigenvalue weighted by Gasteiger charge is -2.34. The van der Waals surface area contributed by atoms with E-state index in [1.807, 2.05) is 0 Å². The number of aryl methyl sites for hydroxylation is 1. The zero-order valence-corrected chi connectivity index (χ0v) is 15.0. The van der Waals surface area contributed by atoms with Crippen LogP contribution in [0.1, 0.15) is 23.4 Å². The molecule has 0 aliphatic carbocycles. The number of rotatable bonds is 1. The van der Waals surface area contributed by atoms with Crippen LogP contribution in [-0.4, -0.2) is 54.8 Å².